The Morgan fingerprint density at radius 3 is 2.95 bits per heavy atom. The van der Waals surface area contributed by atoms with Gasteiger partial charge in [-0.3, -0.25) is 4.79 Å². The van der Waals surface area contributed by atoms with E-state index in [0.29, 0.717) is 17.5 Å². The first-order chi connectivity index (χ1) is 10.3. The van der Waals surface area contributed by atoms with Crippen molar-refractivity contribution in [2.45, 2.75) is 19.4 Å². The van der Waals surface area contributed by atoms with Gasteiger partial charge in [-0.15, -0.1) is 0 Å². The maximum atomic E-state index is 11.4. The maximum absolute atomic E-state index is 11.4. The van der Waals surface area contributed by atoms with E-state index in [-0.39, 0.29) is 0 Å². The first kappa shape index (κ1) is 14.2. The molecule has 1 atom stereocenters. The number of anilines is 1. The zero-order chi connectivity index (χ0) is 14.7. The molecule has 4 nitrogen and oxygen atoms in total. The monoisotopic (exact) mass is 302 g/mol. The van der Waals surface area contributed by atoms with E-state index in [1.165, 1.54) is 11.3 Å². The van der Waals surface area contributed by atoms with E-state index in [2.05, 4.69) is 11.8 Å². The minimum atomic E-state index is 0.341. The van der Waals surface area contributed by atoms with Crippen molar-refractivity contribution in [3.8, 4) is 11.3 Å². The summed E-state index contributed by atoms with van der Waals surface area (Å²) in [5.74, 6) is 0. The molecule has 5 heteroatoms. The van der Waals surface area contributed by atoms with E-state index in [1.54, 1.807) is 0 Å². The maximum Gasteiger partial charge on any atom is 0.186 e. The lowest BCUT2D eigenvalue weighted by Crippen LogP contribution is -2.45. The molecular formula is C16H18N2O2S. The van der Waals surface area contributed by atoms with Crippen LogP contribution in [0.25, 0.3) is 11.3 Å². The first-order valence-electron chi connectivity index (χ1n) is 7.19. The fourth-order valence-electron chi connectivity index (χ4n) is 2.57. The molecule has 0 aliphatic carbocycles. The molecule has 1 aromatic heterocycles. The zero-order valence-electron chi connectivity index (χ0n) is 12.0. The van der Waals surface area contributed by atoms with Crippen LogP contribution >= 0.6 is 11.3 Å². The number of thiazole rings is 1. The van der Waals surface area contributed by atoms with Gasteiger partial charge in [-0.25, -0.2) is 4.98 Å². The van der Waals surface area contributed by atoms with Gasteiger partial charge in [0.05, 0.1) is 29.8 Å². The van der Waals surface area contributed by atoms with Gasteiger partial charge in [-0.1, -0.05) is 48.6 Å². The lowest BCUT2D eigenvalue weighted by Gasteiger charge is -2.34. The topological polar surface area (TPSA) is 42.4 Å². The summed E-state index contributed by atoms with van der Waals surface area (Å²) in [6.07, 6.45) is 1.92. The van der Waals surface area contributed by atoms with Crippen LogP contribution in [0.15, 0.2) is 30.3 Å². The highest BCUT2D eigenvalue weighted by Gasteiger charge is 2.25. The van der Waals surface area contributed by atoms with Crippen molar-refractivity contribution < 1.29 is 9.53 Å². The predicted octanol–water partition coefficient (Wildman–Crippen LogP) is 3.24. The van der Waals surface area contributed by atoms with Crippen molar-refractivity contribution in [1.82, 2.24) is 4.98 Å². The van der Waals surface area contributed by atoms with Crippen LogP contribution in [0.5, 0.6) is 0 Å². The Morgan fingerprint density at radius 1 is 1.43 bits per heavy atom. The van der Waals surface area contributed by atoms with Crippen LogP contribution in [0.3, 0.4) is 0 Å². The predicted molar refractivity (Wildman–Crippen MR) is 85.2 cm³/mol. The molecule has 0 radical (unpaired) electrons. The van der Waals surface area contributed by atoms with Crippen molar-refractivity contribution in [3.63, 3.8) is 0 Å². The number of ether oxygens (including phenoxy) is 1. The highest BCUT2D eigenvalue weighted by Crippen LogP contribution is 2.33. The summed E-state index contributed by atoms with van der Waals surface area (Å²) in [6.45, 7) is 4.43. The molecule has 0 spiro atoms. The summed E-state index contributed by atoms with van der Waals surface area (Å²) in [6, 6.07) is 10.2. The Hall–Kier alpha value is -1.72. The van der Waals surface area contributed by atoms with Crippen molar-refractivity contribution in [2.75, 3.05) is 24.7 Å². The van der Waals surface area contributed by atoms with E-state index in [0.717, 1.165) is 42.2 Å². The van der Waals surface area contributed by atoms with Crippen molar-refractivity contribution in [3.05, 3.63) is 35.2 Å². The van der Waals surface area contributed by atoms with Gasteiger partial charge in [0, 0.05) is 12.1 Å². The Kier molecular flexibility index (Phi) is 4.31. The average Bonchev–Trinajstić information content (AvgIpc) is 2.99. The molecule has 1 fully saturated rings. The summed E-state index contributed by atoms with van der Waals surface area (Å²) in [5, 5.41) is 0.922. The lowest BCUT2D eigenvalue weighted by molar-refractivity contribution is 0.0930. The van der Waals surface area contributed by atoms with E-state index in [9.17, 15) is 4.79 Å². The summed E-state index contributed by atoms with van der Waals surface area (Å²) in [7, 11) is 0. The second kappa shape index (κ2) is 6.37. The molecular weight excluding hydrogens is 284 g/mol. The molecule has 0 bridgehead atoms. The summed E-state index contributed by atoms with van der Waals surface area (Å²) in [5.41, 5.74) is 1.77. The smallest absolute Gasteiger partial charge is 0.186 e. The van der Waals surface area contributed by atoms with Crippen LogP contribution < -0.4 is 4.90 Å². The van der Waals surface area contributed by atoms with Crippen LogP contribution in [-0.2, 0) is 4.74 Å². The third-order valence-corrected chi connectivity index (χ3v) is 4.76. The third-order valence-electron chi connectivity index (χ3n) is 3.74. The lowest BCUT2D eigenvalue weighted by atomic mass is 10.1. The highest BCUT2D eigenvalue weighted by atomic mass is 32.1. The number of hydrogen-bond donors (Lipinski definition) is 0. The van der Waals surface area contributed by atoms with E-state index in [4.69, 9.17) is 9.72 Å². The fourth-order valence-corrected chi connectivity index (χ4v) is 3.57. The van der Waals surface area contributed by atoms with E-state index in [1.807, 2.05) is 30.3 Å². The van der Waals surface area contributed by atoms with Gasteiger partial charge in [0.1, 0.15) is 0 Å². The van der Waals surface area contributed by atoms with Crippen molar-refractivity contribution in [1.29, 1.82) is 0 Å². The largest absolute Gasteiger partial charge is 0.377 e. The van der Waals surface area contributed by atoms with Crippen molar-refractivity contribution >= 4 is 22.8 Å². The van der Waals surface area contributed by atoms with Gasteiger partial charge in [0.25, 0.3) is 0 Å². The Balaban J connectivity index is 1.97. The number of hydrogen-bond acceptors (Lipinski definition) is 5. The number of carbonyl (C=O) groups is 1. The van der Waals surface area contributed by atoms with Gasteiger partial charge in [0.15, 0.2) is 11.4 Å². The minimum Gasteiger partial charge on any atom is -0.377 e. The van der Waals surface area contributed by atoms with Gasteiger partial charge < -0.3 is 9.64 Å². The molecule has 0 amide bonds. The highest BCUT2D eigenvalue weighted by molar-refractivity contribution is 7.17. The van der Waals surface area contributed by atoms with Crippen LogP contribution in [0.1, 0.15) is 23.0 Å². The molecule has 1 saturated heterocycles. The Labute approximate surface area is 128 Å². The minimum absolute atomic E-state index is 0.341. The molecule has 1 aromatic carbocycles. The molecule has 3 rings (SSSR count). The summed E-state index contributed by atoms with van der Waals surface area (Å²) in [4.78, 5) is 19.1. The number of aldehydes is 1. The van der Waals surface area contributed by atoms with Crippen LogP contribution in [0.2, 0.25) is 0 Å². The molecule has 1 unspecified atom stereocenters. The van der Waals surface area contributed by atoms with Gasteiger partial charge in [-0.05, 0) is 6.42 Å². The summed E-state index contributed by atoms with van der Waals surface area (Å²) >= 11 is 1.47. The standard InChI is InChI=1S/C16H18N2O2S/c1-2-13-11-20-9-8-18(13)16-17-15(14(10-19)21-16)12-6-4-3-5-7-12/h3-7,10,13H,2,8-9,11H2,1H3. The summed E-state index contributed by atoms with van der Waals surface area (Å²) < 4.78 is 5.54. The van der Waals surface area contributed by atoms with Gasteiger partial charge in [-0.2, -0.15) is 0 Å². The Morgan fingerprint density at radius 2 is 2.24 bits per heavy atom. The second-order valence-electron chi connectivity index (χ2n) is 5.02. The fraction of sp³-hybridized carbons (Fsp3) is 0.375. The second-order valence-corrected chi connectivity index (χ2v) is 6.03. The number of nitrogens with zero attached hydrogens (tertiary/aromatic N) is 2. The molecule has 2 heterocycles. The van der Waals surface area contributed by atoms with Crippen molar-refractivity contribution in [2.24, 2.45) is 0 Å². The molecule has 0 saturated carbocycles. The third kappa shape index (κ3) is 2.84. The molecule has 110 valence electrons. The van der Waals surface area contributed by atoms with Gasteiger partial charge >= 0.3 is 0 Å². The number of rotatable bonds is 4. The van der Waals surface area contributed by atoms with Crippen LogP contribution in [0, 0.1) is 0 Å². The van der Waals surface area contributed by atoms with Gasteiger partial charge in [0.2, 0.25) is 0 Å². The van der Waals surface area contributed by atoms with Crippen LogP contribution in [-0.4, -0.2) is 37.1 Å². The zero-order valence-corrected chi connectivity index (χ0v) is 12.8. The number of carbonyl (C=O) groups excluding carboxylic acids is 1. The Bertz CT molecular complexity index is 612. The molecule has 21 heavy (non-hydrogen) atoms. The number of aromatic nitrogens is 1. The average molecular weight is 302 g/mol. The molecule has 0 N–H and O–H groups in total. The van der Waals surface area contributed by atoms with E-state index < -0.39 is 0 Å². The SMILES string of the molecule is CCC1COCCN1c1nc(-c2ccccc2)c(C=O)s1. The molecule has 2 aromatic rings. The van der Waals surface area contributed by atoms with E-state index >= 15 is 0 Å². The van der Waals surface area contributed by atoms with Crippen LogP contribution in [0.4, 0.5) is 5.13 Å². The first-order valence-corrected chi connectivity index (χ1v) is 8.01. The molecule has 1 aliphatic rings. The number of benzene rings is 1. The quantitative estimate of drug-likeness (QED) is 0.813. The normalized spacial score (nSPS) is 18.7. The molecule has 1 aliphatic heterocycles. The number of morpholine rings is 1.